The Hall–Kier alpha value is -2.94. The molecule has 108 valence electrons. The summed E-state index contributed by atoms with van der Waals surface area (Å²) in [5.74, 6) is 1.40. The Morgan fingerprint density at radius 3 is 2.27 bits per heavy atom. The summed E-state index contributed by atoms with van der Waals surface area (Å²) in [7, 11) is 0. The average molecular weight is 289 g/mol. The van der Waals surface area contributed by atoms with Crippen LogP contribution in [0.25, 0.3) is 23.6 Å². The smallest absolute Gasteiger partial charge is 0.226 e. The number of hydrogen-bond acceptors (Lipinski definition) is 3. The Balaban J connectivity index is 1.84. The molecule has 3 rings (SSSR count). The zero-order valence-electron chi connectivity index (χ0n) is 12.2. The topological polar surface area (TPSA) is 43.1 Å². The number of rotatable bonds is 4. The van der Waals surface area contributed by atoms with E-state index in [4.69, 9.17) is 4.42 Å². The molecular weight excluding hydrogens is 274 g/mol. The molecule has 2 aromatic carbocycles. The number of aryl methyl sites for hydroxylation is 1. The summed E-state index contributed by atoms with van der Waals surface area (Å²) in [5, 5.41) is 0. The van der Waals surface area contributed by atoms with Gasteiger partial charge < -0.3 is 4.42 Å². The van der Waals surface area contributed by atoms with Gasteiger partial charge in [-0.1, -0.05) is 48.5 Å². The summed E-state index contributed by atoms with van der Waals surface area (Å²) in [6, 6.07) is 17.2. The van der Waals surface area contributed by atoms with Crippen LogP contribution in [-0.4, -0.2) is 11.3 Å². The van der Waals surface area contributed by atoms with Crippen LogP contribution in [0.15, 0.2) is 59.0 Å². The van der Waals surface area contributed by atoms with Crippen molar-refractivity contribution in [3.63, 3.8) is 0 Å². The molecule has 3 heteroatoms. The highest BCUT2D eigenvalue weighted by molar-refractivity contribution is 5.76. The Labute approximate surface area is 128 Å². The second-order valence-electron chi connectivity index (χ2n) is 4.94. The first-order valence-electron chi connectivity index (χ1n) is 7.02. The first-order chi connectivity index (χ1) is 10.8. The predicted molar refractivity (Wildman–Crippen MR) is 87.4 cm³/mol. The van der Waals surface area contributed by atoms with Crippen LogP contribution in [0.1, 0.15) is 27.4 Å². The minimum Gasteiger partial charge on any atom is -0.441 e. The molecule has 0 saturated heterocycles. The van der Waals surface area contributed by atoms with Crippen molar-refractivity contribution in [1.82, 2.24) is 4.98 Å². The molecule has 0 atom stereocenters. The van der Waals surface area contributed by atoms with Gasteiger partial charge >= 0.3 is 0 Å². The fourth-order valence-corrected chi connectivity index (χ4v) is 2.13. The van der Waals surface area contributed by atoms with Gasteiger partial charge in [-0.15, -0.1) is 0 Å². The first-order valence-corrected chi connectivity index (χ1v) is 7.02. The molecule has 0 N–H and O–H groups in total. The van der Waals surface area contributed by atoms with Crippen LogP contribution in [0.3, 0.4) is 0 Å². The van der Waals surface area contributed by atoms with E-state index < -0.39 is 0 Å². The molecule has 0 spiro atoms. The van der Waals surface area contributed by atoms with E-state index >= 15 is 0 Å². The summed E-state index contributed by atoms with van der Waals surface area (Å²) in [6.07, 6.45) is 4.71. The maximum absolute atomic E-state index is 10.6. The molecular formula is C19H15NO2. The van der Waals surface area contributed by atoms with Gasteiger partial charge in [0, 0.05) is 11.1 Å². The van der Waals surface area contributed by atoms with Crippen molar-refractivity contribution in [3.05, 3.63) is 77.2 Å². The fraction of sp³-hybridized carbons (Fsp3) is 0.0526. The van der Waals surface area contributed by atoms with Crippen molar-refractivity contribution < 1.29 is 9.21 Å². The molecule has 0 aliphatic heterocycles. The SMILES string of the molecule is Cc1oc(-c2ccccc2)nc1/C=C/c1ccc(C=O)cc1. The lowest BCUT2D eigenvalue weighted by atomic mass is 10.1. The summed E-state index contributed by atoms with van der Waals surface area (Å²) in [4.78, 5) is 15.2. The van der Waals surface area contributed by atoms with E-state index in [1.54, 1.807) is 12.1 Å². The molecule has 0 aliphatic carbocycles. The molecule has 0 saturated carbocycles. The number of aromatic nitrogens is 1. The second kappa shape index (κ2) is 6.22. The van der Waals surface area contributed by atoms with Gasteiger partial charge in [-0.3, -0.25) is 4.79 Å². The van der Waals surface area contributed by atoms with Crippen molar-refractivity contribution in [3.8, 4) is 11.5 Å². The van der Waals surface area contributed by atoms with E-state index in [2.05, 4.69) is 4.98 Å². The van der Waals surface area contributed by atoms with Gasteiger partial charge in [0.2, 0.25) is 5.89 Å². The Morgan fingerprint density at radius 2 is 1.59 bits per heavy atom. The van der Waals surface area contributed by atoms with Crippen LogP contribution < -0.4 is 0 Å². The van der Waals surface area contributed by atoms with Crippen LogP contribution in [0, 0.1) is 6.92 Å². The fourth-order valence-electron chi connectivity index (χ4n) is 2.13. The number of benzene rings is 2. The molecule has 0 radical (unpaired) electrons. The van der Waals surface area contributed by atoms with Crippen LogP contribution in [0.4, 0.5) is 0 Å². The van der Waals surface area contributed by atoms with Crippen LogP contribution in [0.5, 0.6) is 0 Å². The summed E-state index contributed by atoms with van der Waals surface area (Å²) >= 11 is 0. The Bertz CT molecular complexity index is 799. The first kappa shape index (κ1) is 14.0. The van der Waals surface area contributed by atoms with Crippen LogP contribution >= 0.6 is 0 Å². The van der Waals surface area contributed by atoms with Gasteiger partial charge in [0.1, 0.15) is 17.7 Å². The third kappa shape index (κ3) is 3.04. The lowest BCUT2D eigenvalue weighted by Gasteiger charge is -1.93. The molecule has 0 fully saturated rings. The molecule has 22 heavy (non-hydrogen) atoms. The van der Waals surface area contributed by atoms with Crippen LogP contribution in [0.2, 0.25) is 0 Å². The monoisotopic (exact) mass is 289 g/mol. The minimum absolute atomic E-state index is 0.619. The van der Waals surface area contributed by atoms with E-state index in [0.717, 1.165) is 28.9 Å². The summed E-state index contributed by atoms with van der Waals surface area (Å²) in [6.45, 7) is 1.90. The van der Waals surface area contributed by atoms with Crippen molar-refractivity contribution in [2.75, 3.05) is 0 Å². The molecule has 1 heterocycles. The standard InChI is InChI=1S/C19H15NO2/c1-14-18(12-11-15-7-9-16(13-21)10-8-15)20-19(22-14)17-5-3-2-4-6-17/h2-13H,1H3/b12-11+. The third-order valence-electron chi connectivity index (χ3n) is 3.36. The van der Waals surface area contributed by atoms with E-state index in [1.807, 2.05) is 61.5 Å². The van der Waals surface area contributed by atoms with Crippen molar-refractivity contribution >= 4 is 18.4 Å². The average Bonchev–Trinajstić information content (AvgIpc) is 2.95. The van der Waals surface area contributed by atoms with Gasteiger partial charge in [-0.05, 0) is 30.7 Å². The third-order valence-corrected chi connectivity index (χ3v) is 3.36. The number of hydrogen-bond donors (Lipinski definition) is 0. The molecule has 3 aromatic rings. The maximum atomic E-state index is 10.6. The van der Waals surface area contributed by atoms with E-state index in [0.29, 0.717) is 11.5 Å². The normalized spacial score (nSPS) is 11.0. The summed E-state index contributed by atoms with van der Waals surface area (Å²) in [5.41, 5.74) is 3.44. The highest BCUT2D eigenvalue weighted by Gasteiger charge is 2.08. The Morgan fingerprint density at radius 1 is 0.909 bits per heavy atom. The number of nitrogens with zero attached hydrogens (tertiary/aromatic N) is 1. The minimum atomic E-state index is 0.619. The number of aldehydes is 1. The zero-order valence-corrected chi connectivity index (χ0v) is 12.2. The van der Waals surface area contributed by atoms with Gasteiger partial charge in [-0.25, -0.2) is 4.98 Å². The van der Waals surface area contributed by atoms with E-state index in [9.17, 15) is 4.79 Å². The van der Waals surface area contributed by atoms with Gasteiger partial charge in [0.05, 0.1) is 0 Å². The maximum Gasteiger partial charge on any atom is 0.226 e. The molecule has 0 aliphatic rings. The Kier molecular flexibility index (Phi) is 3.97. The van der Waals surface area contributed by atoms with Crippen LogP contribution in [-0.2, 0) is 0 Å². The molecule has 0 amide bonds. The molecule has 0 bridgehead atoms. The van der Waals surface area contributed by atoms with Gasteiger partial charge in [-0.2, -0.15) is 0 Å². The van der Waals surface area contributed by atoms with Gasteiger partial charge in [0.15, 0.2) is 0 Å². The molecule has 0 unspecified atom stereocenters. The molecule has 1 aromatic heterocycles. The number of oxazole rings is 1. The van der Waals surface area contributed by atoms with E-state index in [-0.39, 0.29) is 0 Å². The lowest BCUT2D eigenvalue weighted by Crippen LogP contribution is -1.80. The van der Waals surface area contributed by atoms with E-state index in [1.165, 1.54) is 0 Å². The van der Waals surface area contributed by atoms with Crippen molar-refractivity contribution in [2.45, 2.75) is 6.92 Å². The summed E-state index contributed by atoms with van der Waals surface area (Å²) < 4.78 is 5.72. The van der Waals surface area contributed by atoms with Crippen molar-refractivity contribution in [2.24, 2.45) is 0 Å². The quantitative estimate of drug-likeness (QED) is 0.657. The number of carbonyl (C=O) groups excluding carboxylic acids is 1. The second-order valence-corrected chi connectivity index (χ2v) is 4.94. The lowest BCUT2D eigenvalue weighted by molar-refractivity contribution is 0.112. The van der Waals surface area contributed by atoms with Crippen molar-refractivity contribution in [1.29, 1.82) is 0 Å². The zero-order chi connectivity index (χ0) is 15.4. The van der Waals surface area contributed by atoms with Gasteiger partial charge in [0.25, 0.3) is 0 Å². The highest BCUT2D eigenvalue weighted by atomic mass is 16.4. The predicted octanol–water partition coefficient (Wildman–Crippen LogP) is 4.63. The highest BCUT2D eigenvalue weighted by Crippen LogP contribution is 2.22. The molecule has 3 nitrogen and oxygen atoms in total. The largest absolute Gasteiger partial charge is 0.441 e. The number of carbonyl (C=O) groups is 1.